The van der Waals surface area contributed by atoms with Crippen molar-refractivity contribution in [2.24, 2.45) is 0 Å². The molecule has 0 spiro atoms. The number of aromatic nitrogens is 2. The molecule has 35 heavy (non-hydrogen) atoms. The summed E-state index contributed by atoms with van der Waals surface area (Å²) in [5.41, 5.74) is 4.15. The van der Waals surface area contributed by atoms with Crippen molar-refractivity contribution in [1.82, 2.24) is 9.55 Å². The third-order valence-corrected chi connectivity index (χ3v) is 7.59. The molecule has 5 nitrogen and oxygen atoms in total. The van der Waals surface area contributed by atoms with Crippen LogP contribution < -0.4 is 0 Å². The Morgan fingerprint density at radius 2 is 1.77 bits per heavy atom. The summed E-state index contributed by atoms with van der Waals surface area (Å²) in [6.07, 6.45) is 2.91. The van der Waals surface area contributed by atoms with E-state index in [1.165, 1.54) is 12.1 Å². The maximum absolute atomic E-state index is 15.6. The number of hydrogen-bond donors (Lipinski definition) is 1. The lowest BCUT2D eigenvalue weighted by atomic mass is 10.0. The monoisotopic (exact) mass is 512 g/mol. The summed E-state index contributed by atoms with van der Waals surface area (Å²) in [6, 6.07) is 15.0. The van der Waals surface area contributed by atoms with Crippen LogP contribution in [0, 0.1) is 12.7 Å². The van der Waals surface area contributed by atoms with Crippen LogP contribution >= 0.6 is 11.6 Å². The van der Waals surface area contributed by atoms with Gasteiger partial charge in [0.25, 0.3) is 0 Å². The Morgan fingerprint density at radius 1 is 1.09 bits per heavy atom. The molecule has 1 heterocycles. The summed E-state index contributed by atoms with van der Waals surface area (Å²) in [5.74, 6) is 0.242. The summed E-state index contributed by atoms with van der Waals surface area (Å²) < 4.78 is 41.6. The van der Waals surface area contributed by atoms with Gasteiger partial charge in [-0.2, -0.15) is 0 Å². The number of rotatable bonds is 6. The van der Waals surface area contributed by atoms with Crippen molar-refractivity contribution in [3.8, 4) is 28.2 Å². The van der Waals surface area contributed by atoms with Crippen LogP contribution in [0.15, 0.2) is 65.7 Å². The van der Waals surface area contributed by atoms with Crippen molar-refractivity contribution in [2.45, 2.75) is 38.2 Å². The van der Waals surface area contributed by atoms with Crippen LogP contribution in [0.25, 0.3) is 28.2 Å². The fourth-order valence-corrected chi connectivity index (χ4v) is 5.12. The SMILES string of the molecule is Cc1c(Cl)cccc1-c1nc(C(C)C)cn1-c1ccc(-c2ccc(CO)c(S(C)(=O)=O)c2)cc1F. The smallest absolute Gasteiger partial charge is 0.175 e. The maximum atomic E-state index is 15.6. The van der Waals surface area contributed by atoms with Gasteiger partial charge in [-0.15, -0.1) is 0 Å². The molecule has 1 N–H and O–H groups in total. The van der Waals surface area contributed by atoms with Crippen LogP contribution in [-0.2, 0) is 16.4 Å². The predicted molar refractivity (Wildman–Crippen MR) is 137 cm³/mol. The van der Waals surface area contributed by atoms with Crippen LogP contribution in [-0.4, -0.2) is 29.3 Å². The first-order valence-electron chi connectivity index (χ1n) is 11.1. The Bertz CT molecular complexity index is 1530. The molecular formula is C27H26ClFN2O3S. The van der Waals surface area contributed by atoms with E-state index in [-0.39, 0.29) is 10.8 Å². The van der Waals surface area contributed by atoms with Gasteiger partial charge in [-0.1, -0.05) is 55.8 Å². The molecule has 8 heteroatoms. The van der Waals surface area contributed by atoms with Gasteiger partial charge in [0.05, 0.1) is 22.9 Å². The lowest BCUT2D eigenvalue weighted by molar-refractivity contribution is 0.278. The van der Waals surface area contributed by atoms with Gasteiger partial charge in [0, 0.05) is 23.0 Å². The fourth-order valence-electron chi connectivity index (χ4n) is 3.99. The summed E-state index contributed by atoms with van der Waals surface area (Å²) >= 11 is 6.35. The number of halogens is 2. The highest BCUT2D eigenvalue weighted by molar-refractivity contribution is 7.90. The van der Waals surface area contributed by atoms with Gasteiger partial charge in [-0.25, -0.2) is 17.8 Å². The molecule has 4 aromatic rings. The fraction of sp³-hybridized carbons (Fsp3) is 0.222. The third-order valence-electron chi connectivity index (χ3n) is 6.00. The number of hydrogen-bond acceptors (Lipinski definition) is 4. The standard InChI is InChI=1S/C27H26ClFN2O3S/c1-16(2)24-14-31(27(30-24)21-6-5-7-22(28)17(21)3)25-11-10-18(12-23(25)29)19-8-9-20(15-32)26(13-19)35(4,33)34/h5-14,16,32H,15H2,1-4H3. The lowest BCUT2D eigenvalue weighted by Gasteiger charge is -2.13. The van der Waals surface area contributed by atoms with Crippen LogP contribution in [0.4, 0.5) is 4.39 Å². The van der Waals surface area contributed by atoms with E-state index in [4.69, 9.17) is 16.6 Å². The number of imidazole rings is 1. The van der Waals surface area contributed by atoms with Crippen LogP contribution in [0.1, 0.15) is 36.6 Å². The minimum Gasteiger partial charge on any atom is -0.392 e. The first-order valence-corrected chi connectivity index (χ1v) is 13.4. The number of aliphatic hydroxyl groups excluding tert-OH is 1. The van der Waals surface area contributed by atoms with E-state index in [0.29, 0.717) is 33.2 Å². The largest absolute Gasteiger partial charge is 0.392 e. The average Bonchev–Trinajstić information content (AvgIpc) is 3.25. The molecule has 0 aliphatic heterocycles. The van der Waals surface area contributed by atoms with Gasteiger partial charge in [-0.3, -0.25) is 4.57 Å². The number of aliphatic hydroxyl groups is 1. The molecule has 182 valence electrons. The van der Waals surface area contributed by atoms with Crippen molar-refractivity contribution >= 4 is 21.4 Å². The van der Waals surface area contributed by atoms with E-state index < -0.39 is 22.3 Å². The molecule has 1 aromatic heterocycles. The maximum Gasteiger partial charge on any atom is 0.175 e. The Morgan fingerprint density at radius 3 is 2.40 bits per heavy atom. The van der Waals surface area contributed by atoms with Crippen LogP contribution in [0.3, 0.4) is 0 Å². The molecule has 0 fully saturated rings. The molecular weight excluding hydrogens is 487 g/mol. The van der Waals surface area contributed by atoms with E-state index in [2.05, 4.69) is 0 Å². The minimum atomic E-state index is -3.56. The van der Waals surface area contributed by atoms with Crippen LogP contribution in [0.5, 0.6) is 0 Å². The Kier molecular flexibility index (Phi) is 6.86. The molecule has 0 saturated heterocycles. The lowest BCUT2D eigenvalue weighted by Crippen LogP contribution is -2.03. The second-order valence-corrected chi connectivity index (χ2v) is 11.2. The first kappa shape index (κ1) is 25.1. The van der Waals surface area contributed by atoms with Crippen LogP contribution in [0.2, 0.25) is 5.02 Å². The van der Waals surface area contributed by atoms with Gasteiger partial charge in [0.1, 0.15) is 11.6 Å². The molecule has 0 amide bonds. The van der Waals surface area contributed by atoms with Crippen molar-refractivity contribution in [3.05, 3.63) is 88.5 Å². The average molecular weight is 513 g/mol. The number of nitrogens with zero attached hydrogens (tertiary/aromatic N) is 2. The zero-order chi connectivity index (χ0) is 25.5. The summed E-state index contributed by atoms with van der Waals surface area (Å²) in [6.45, 7) is 5.55. The number of benzene rings is 3. The minimum absolute atomic E-state index is 0.0249. The molecule has 0 radical (unpaired) electrons. The normalized spacial score (nSPS) is 11.9. The summed E-state index contributed by atoms with van der Waals surface area (Å²) in [5, 5.41) is 10.1. The zero-order valence-electron chi connectivity index (χ0n) is 19.9. The zero-order valence-corrected chi connectivity index (χ0v) is 21.5. The summed E-state index contributed by atoms with van der Waals surface area (Å²) in [4.78, 5) is 4.81. The quantitative estimate of drug-likeness (QED) is 0.328. The van der Waals surface area contributed by atoms with E-state index >= 15 is 4.39 Å². The van der Waals surface area contributed by atoms with Gasteiger partial charge >= 0.3 is 0 Å². The Labute approximate surface area is 209 Å². The van der Waals surface area contributed by atoms with Gasteiger partial charge < -0.3 is 5.11 Å². The van der Waals surface area contributed by atoms with E-state index in [9.17, 15) is 13.5 Å². The molecule has 0 saturated carbocycles. The molecule has 3 aromatic carbocycles. The van der Waals surface area contributed by atoms with Crippen molar-refractivity contribution < 1.29 is 17.9 Å². The highest BCUT2D eigenvalue weighted by Crippen LogP contribution is 2.33. The molecule has 4 rings (SSSR count). The Balaban J connectivity index is 1.85. The van der Waals surface area contributed by atoms with Crippen molar-refractivity contribution in [2.75, 3.05) is 6.26 Å². The highest BCUT2D eigenvalue weighted by atomic mass is 35.5. The van der Waals surface area contributed by atoms with Crippen molar-refractivity contribution in [1.29, 1.82) is 0 Å². The topological polar surface area (TPSA) is 72.2 Å². The molecule has 0 aliphatic rings. The predicted octanol–water partition coefficient (Wildman–Crippen LogP) is 6.33. The van der Waals surface area contributed by atoms with E-state index in [0.717, 1.165) is 23.1 Å². The summed E-state index contributed by atoms with van der Waals surface area (Å²) in [7, 11) is -3.56. The second kappa shape index (κ2) is 9.57. The van der Waals surface area contributed by atoms with E-state index in [1.54, 1.807) is 34.9 Å². The first-order chi connectivity index (χ1) is 16.5. The van der Waals surface area contributed by atoms with Gasteiger partial charge in [0.15, 0.2) is 9.84 Å². The molecule has 0 bridgehead atoms. The Hall–Kier alpha value is -3.00. The second-order valence-electron chi connectivity index (χ2n) is 8.85. The molecule has 0 atom stereocenters. The molecule has 0 aliphatic carbocycles. The highest BCUT2D eigenvalue weighted by Gasteiger charge is 2.20. The van der Waals surface area contributed by atoms with Gasteiger partial charge in [-0.05, 0) is 59.4 Å². The third kappa shape index (κ3) is 4.89. The van der Waals surface area contributed by atoms with E-state index in [1.807, 2.05) is 39.1 Å². The number of sulfone groups is 1. The van der Waals surface area contributed by atoms with Gasteiger partial charge in [0.2, 0.25) is 0 Å². The molecule has 0 unspecified atom stereocenters. The van der Waals surface area contributed by atoms with Crippen molar-refractivity contribution in [3.63, 3.8) is 0 Å².